The largest absolute Gasteiger partial charge is 0.432 e. The molecule has 0 atom stereocenters. The number of amides is 1. The molecule has 0 saturated carbocycles. The molecule has 10 heteroatoms. The molecule has 3 aromatic heterocycles. The first-order chi connectivity index (χ1) is 18.0. The smallest absolute Gasteiger partial charge is 0.306 e. The standard InChI is InChI=1S/C27H22F2N6O2/c28-19-5-1-17(2-6-19)23-24(35-15-16-37-27(35)33-23)22-9-12-30-26(32-22)31-21-10-13-34(14-11-21)25(36)18-3-7-20(29)8-4-18/h1-9,12,15-16,21H,10-11,13-14H2,(H,30,31,32). The van der Waals surface area contributed by atoms with E-state index in [2.05, 4.69) is 15.3 Å². The van der Waals surface area contributed by atoms with Crippen molar-refractivity contribution in [1.29, 1.82) is 0 Å². The summed E-state index contributed by atoms with van der Waals surface area (Å²) in [6.07, 6.45) is 6.42. The number of carbonyl (C=O) groups excluding carboxylic acids is 1. The van der Waals surface area contributed by atoms with Gasteiger partial charge in [0.05, 0.1) is 5.69 Å². The maximum Gasteiger partial charge on any atom is 0.306 e. The highest BCUT2D eigenvalue weighted by Crippen LogP contribution is 2.32. The van der Waals surface area contributed by atoms with Gasteiger partial charge < -0.3 is 14.6 Å². The van der Waals surface area contributed by atoms with Crippen molar-refractivity contribution in [3.8, 4) is 22.6 Å². The summed E-state index contributed by atoms with van der Waals surface area (Å²) in [6, 6.07) is 13.6. The van der Waals surface area contributed by atoms with Gasteiger partial charge in [0.1, 0.15) is 29.3 Å². The first kappa shape index (κ1) is 22.8. The molecule has 186 valence electrons. The SMILES string of the molecule is O=C(c1ccc(F)cc1)N1CCC(Nc2nccc(-c3c(-c4ccc(F)cc4)nc4occn34)n2)CC1. The van der Waals surface area contributed by atoms with Gasteiger partial charge in [0.25, 0.3) is 5.91 Å². The van der Waals surface area contributed by atoms with Crippen LogP contribution in [0.3, 0.4) is 0 Å². The second-order valence-corrected chi connectivity index (χ2v) is 8.85. The Balaban J connectivity index is 1.20. The number of anilines is 1. The zero-order valence-electron chi connectivity index (χ0n) is 19.6. The van der Waals surface area contributed by atoms with Crippen molar-refractivity contribution in [3.63, 3.8) is 0 Å². The van der Waals surface area contributed by atoms with Crippen LogP contribution in [0, 0.1) is 11.6 Å². The van der Waals surface area contributed by atoms with Gasteiger partial charge in [0.2, 0.25) is 5.95 Å². The lowest BCUT2D eigenvalue weighted by atomic mass is 10.0. The molecule has 1 N–H and O–H groups in total. The van der Waals surface area contributed by atoms with Crippen molar-refractivity contribution >= 4 is 17.7 Å². The molecule has 37 heavy (non-hydrogen) atoms. The highest BCUT2D eigenvalue weighted by molar-refractivity contribution is 5.94. The van der Waals surface area contributed by atoms with Crippen molar-refractivity contribution in [2.24, 2.45) is 0 Å². The maximum atomic E-state index is 13.5. The van der Waals surface area contributed by atoms with Crippen LogP contribution in [0.5, 0.6) is 0 Å². The molecule has 8 nitrogen and oxygen atoms in total. The van der Waals surface area contributed by atoms with Crippen LogP contribution in [-0.2, 0) is 0 Å². The Morgan fingerprint density at radius 1 is 0.946 bits per heavy atom. The summed E-state index contributed by atoms with van der Waals surface area (Å²) >= 11 is 0. The Kier molecular flexibility index (Phi) is 5.84. The number of oxazole rings is 1. The number of hydrogen-bond acceptors (Lipinski definition) is 6. The first-order valence-electron chi connectivity index (χ1n) is 11.9. The van der Waals surface area contributed by atoms with Gasteiger partial charge in [-0.25, -0.2) is 18.7 Å². The molecule has 1 saturated heterocycles. The topological polar surface area (TPSA) is 88.6 Å². The zero-order chi connectivity index (χ0) is 25.4. The van der Waals surface area contributed by atoms with E-state index in [4.69, 9.17) is 9.40 Å². The summed E-state index contributed by atoms with van der Waals surface area (Å²) < 4.78 is 34.0. The average Bonchev–Trinajstić information content (AvgIpc) is 3.51. The van der Waals surface area contributed by atoms with Gasteiger partial charge in [-0.05, 0) is 67.4 Å². The lowest BCUT2D eigenvalue weighted by Gasteiger charge is -2.32. The normalized spacial score (nSPS) is 14.3. The fourth-order valence-corrected chi connectivity index (χ4v) is 4.58. The van der Waals surface area contributed by atoms with Crippen LogP contribution in [0.4, 0.5) is 14.7 Å². The zero-order valence-corrected chi connectivity index (χ0v) is 19.6. The average molecular weight is 501 g/mol. The molecule has 6 rings (SSSR count). The maximum absolute atomic E-state index is 13.5. The number of nitrogens with one attached hydrogen (secondary N) is 1. The number of aromatic nitrogens is 4. The Morgan fingerprint density at radius 2 is 1.65 bits per heavy atom. The predicted molar refractivity (Wildman–Crippen MR) is 133 cm³/mol. The third-order valence-corrected chi connectivity index (χ3v) is 6.48. The second-order valence-electron chi connectivity index (χ2n) is 8.85. The molecule has 0 spiro atoms. The van der Waals surface area contributed by atoms with Gasteiger partial charge in [0, 0.05) is 42.7 Å². The number of benzene rings is 2. The number of imidazole rings is 1. The molecule has 0 radical (unpaired) electrons. The third-order valence-electron chi connectivity index (χ3n) is 6.48. The highest BCUT2D eigenvalue weighted by Gasteiger charge is 2.25. The molecular formula is C27H22F2N6O2. The Hall–Kier alpha value is -4.60. The summed E-state index contributed by atoms with van der Waals surface area (Å²) in [5.41, 5.74) is 3.18. The fourth-order valence-electron chi connectivity index (χ4n) is 4.58. The number of halogens is 2. The summed E-state index contributed by atoms with van der Waals surface area (Å²) in [5, 5.41) is 3.39. The van der Waals surface area contributed by atoms with Crippen molar-refractivity contribution in [2.75, 3.05) is 18.4 Å². The fraction of sp³-hybridized carbons (Fsp3) is 0.185. The molecular weight excluding hydrogens is 478 g/mol. The van der Waals surface area contributed by atoms with Crippen LogP contribution in [0.15, 0.2) is 77.7 Å². The number of likely N-dealkylation sites (tertiary alicyclic amines) is 1. The Morgan fingerprint density at radius 3 is 2.38 bits per heavy atom. The van der Waals surface area contributed by atoms with E-state index in [0.717, 1.165) is 18.4 Å². The quantitative estimate of drug-likeness (QED) is 0.364. The third kappa shape index (κ3) is 4.53. The van der Waals surface area contributed by atoms with E-state index >= 15 is 0 Å². The number of fused-ring (bicyclic) bond motifs is 1. The van der Waals surface area contributed by atoms with Gasteiger partial charge >= 0.3 is 5.84 Å². The lowest BCUT2D eigenvalue weighted by molar-refractivity contribution is 0.0718. The minimum Gasteiger partial charge on any atom is -0.432 e. The van der Waals surface area contributed by atoms with Crippen LogP contribution < -0.4 is 5.32 Å². The molecule has 2 aromatic carbocycles. The van der Waals surface area contributed by atoms with E-state index in [1.54, 1.807) is 46.2 Å². The van der Waals surface area contributed by atoms with Crippen LogP contribution in [0.25, 0.3) is 28.5 Å². The number of carbonyl (C=O) groups is 1. The molecule has 1 amide bonds. The number of nitrogens with zero attached hydrogens (tertiary/aromatic N) is 5. The second kappa shape index (κ2) is 9.45. The summed E-state index contributed by atoms with van der Waals surface area (Å²) in [7, 11) is 0. The molecule has 0 aliphatic carbocycles. The van der Waals surface area contributed by atoms with Gasteiger partial charge in [0.15, 0.2) is 0 Å². The van der Waals surface area contributed by atoms with E-state index in [0.29, 0.717) is 47.5 Å². The number of piperidine rings is 1. The number of rotatable bonds is 5. The minimum atomic E-state index is -0.365. The van der Waals surface area contributed by atoms with Gasteiger partial charge in [-0.15, -0.1) is 0 Å². The Bertz CT molecular complexity index is 1550. The van der Waals surface area contributed by atoms with E-state index in [9.17, 15) is 13.6 Å². The van der Waals surface area contributed by atoms with E-state index in [-0.39, 0.29) is 23.6 Å². The highest BCUT2D eigenvalue weighted by atomic mass is 19.1. The van der Waals surface area contributed by atoms with Crippen LogP contribution >= 0.6 is 0 Å². The lowest BCUT2D eigenvalue weighted by Crippen LogP contribution is -2.42. The van der Waals surface area contributed by atoms with Crippen LogP contribution in [0.2, 0.25) is 0 Å². The number of hydrogen-bond donors (Lipinski definition) is 1. The Labute approximate surface area is 210 Å². The van der Waals surface area contributed by atoms with Gasteiger partial charge in [-0.1, -0.05) is 0 Å². The van der Waals surface area contributed by atoms with Gasteiger partial charge in [-0.3, -0.25) is 9.20 Å². The monoisotopic (exact) mass is 500 g/mol. The van der Waals surface area contributed by atoms with Crippen LogP contribution in [0.1, 0.15) is 23.2 Å². The van der Waals surface area contributed by atoms with Gasteiger partial charge in [-0.2, -0.15) is 4.98 Å². The van der Waals surface area contributed by atoms with Crippen LogP contribution in [-0.4, -0.2) is 49.3 Å². The summed E-state index contributed by atoms with van der Waals surface area (Å²) in [4.78, 5) is 28.2. The van der Waals surface area contributed by atoms with E-state index in [1.807, 2.05) is 0 Å². The molecule has 0 bridgehead atoms. The summed E-state index contributed by atoms with van der Waals surface area (Å²) in [6.45, 7) is 1.14. The molecule has 5 aromatic rings. The predicted octanol–water partition coefficient (Wildman–Crippen LogP) is 5.05. The van der Waals surface area contributed by atoms with Crippen molar-refractivity contribution in [1.82, 2.24) is 24.3 Å². The molecule has 1 fully saturated rings. The van der Waals surface area contributed by atoms with E-state index in [1.165, 1.54) is 36.4 Å². The van der Waals surface area contributed by atoms with Crippen molar-refractivity contribution < 1.29 is 18.0 Å². The minimum absolute atomic E-state index is 0.0865. The van der Waals surface area contributed by atoms with E-state index < -0.39 is 0 Å². The molecule has 1 aliphatic rings. The summed E-state index contributed by atoms with van der Waals surface area (Å²) in [5.74, 6) is 0.0721. The molecule has 0 unspecified atom stereocenters. The molecule has 1 aliphatic heterocycles. The molecule has 4 heterocycles. The van der Waals surface area contributed by atoms with Crippen molar-refractivity contribution in [3.05, 3.63) is 90.5 Å². The first-order valence-corrected chi connectivity index (χ1v) is 11.9. The van der Waals surface area contributed by atoms with Crippen molar-refractivity contribution in [2.45, 2.75) is 18.9 Å².